The first-order valence-electron chi connectivity index (χ1n) is 6.58. The number of carbonyl (C=O) groups is 3. The third kappa shape index (κ3) is 4.45. The van der Waals surface area contributed by atoms with Gasteiger partial charge in [-0.2, -0.15) is 0 Å². The van der Waals surface area contributed by atoms with Crippen molar-refractivity contribution in [3.63, 3.8) is 0 Å². The number of urea groups is 1. The van der Waals surface area contributed by atoms with Gasteiger partial charge in [-0.1, -0.05) is 6.07 Å². The van der Waals surface area contributed by atoms with Crippen molar-refractivity contribution in [2.45, 2.75) is 37.9 Å². The number of nitrogens with zero attached hydrogens (tertiary/aromatic N) is 1. The quantitative estimate of drug-likeness (QED) is 0.689. The molecule has 2 rings (SSSR count). The topological polar surface area (TPSA) is 113 Å². The van der Waals surface area contributed by atoms with Crippen LogP contribution in [0.25, 0.3) is 0 Å². The number of carboxylic acids is 1. The Labute approximate surface area is 125 Å². The van der Waals surface area contributed by atoms with Gasteiger partial charge in [0.2, 0.25) is 5.91 Å². The smallest absolute Gasteiger partial charge is 0.326 e. The fourth-order valence-electron chi connectivity index (χ4n) is 1.96. The molecule has 1 aromatic heterocycles. The Bertz CT molecular complexity index is 528. The summed E-state index contributed by atoms with van der Waals surface area (Å²) in [6.45, 7) is 0.442. The Morgan fingerprint density at radius 3 is 2.67 bits per heavy atom. The van der Waals surface area contributed by atoms with E-state index in [4.69, 9.17) is 10.8 Å². The van der Waals surface area contributed by atoms with Gasteiger partial charge in [-0.15, -0.1) is 11.3 Å². The Morgan fingerprint density at radius 2 is 2.19 bits per heavy atom. The van der Waals surface area contributed by atoms with Crippen molar-refractivity contribution >= 4 is 29.2 Å². The summed E-state index contributed by atoms with van der Waals surface area (Å²) in [6, 6.07) is 2.19. The summed E-state index contributed by atoms with van der Waals surface area (Å²) in [7, 11) is 0. The zero-order valence-electron chi connectivity index (χ0n) is 11.3. The third-order valence-electron chi connectivity index (χ3n) is 3.16. The molecular formula is C13H17N3O4S. The van der Waals surface area contributed by atoms with Crippen LogP contribution in [0.3, 0.4) is 0 Å². The van der Waals surface area contributed by atoms with Crippen LogP contribution in [0.2, 0.25) is 0 Å². The monoisotopic (exact) mass is 311 g/mol. The lowest BCUT2D eigenvalue weighted by molar-refractivity contribution is -0.141. The van der Waals surface area contributed by atoms with Crippen LogP contribution in [0.5, 0.6) is 0 Å². The predicted octanol–water partition coefficient (Wildman–Crippen LogP) is 0.751. The molecule has 7 nitrogen and oxygen atoms in total. The molecule has 1 aliphatic rings. The van der Waals surface area contributed by atoms with E-state index in [1.54, 1.807) is 4.90 Å². The average Bonchev–Trinajstić information content (AvgIpc) is 3.11. The number of amides is 3. The summed E-state index contributed by atoms with van der Waals surface area (Å²) < 4.78 is 0. The minimum absolute atomic E-state index is 0.134. The Kier molecular flexibility index (Phi) is 4.79. The normalized spacial score (nSPS) is 15.2. The zero-order chi connectivity index (χ0) is 15.4. The number of hydrogen-bond acceptors (Lipinski definition) is 4. The maximum atomic E-state index is 12.3. The molecule has 1 saturated carbocycles. The zero-order valence-corrected chi connectivity index (χ0v) is 12.1. The van der Waals surface area contributed by atoms with Gasteiger partial charge in [0.05, 0.1) is 13.0 Å². The molecule has 0 unspecified atom stereocenters. The van der Waals surface area contributed by atoms with Crippen molar-refractivity contribution < 1.29 is 19.5 Å². The van der Waals surface area contributed by atoms with Gasteiger partial charge in [0.25, 0.3) is 0 Å². The first-order chi connectivity index (χ1) is 9.97. The molecule has 4 N–H and O–H groups in total. The van der Waals surface area contributed by atoms with Crippen LogP contribution in [-0.4, -0.2) is 40.0 Å². The Hall–Kier alpha value is -2.09. The molecule has 21 heavy (non-hydrogen) atoms. The van der Waals surface area contributed by atoms with Crippen LogP contribution < -0.4 is 11.1 Å². The molecule has 0 aliphatic heterocycles. The molecule has 0 saturated heterocycles. The molecule has 1 atom stereocenters. The maximum Gasteiger partial charge on any atom is 0.326 e. The molecule has 0 spiro atoms. The first kappa shape index (κ1) is 15.3. The summed E-state index contributed by atoms with van der Waals surface area (Å²) in [5.41, 5.74) is 5.00. The molecule has 0 radical (unpaired) electrons. The Morgan fingerprint density at radius 1 is 1.48 bits per heavy atom. The fourth-order valence-corrected chi connectivity index (χ4v) is 2.66. The van der Waals surface area contributed by atoms with Crippen molar-refractivity contribution in [2.75, 3.05) is 0 Å². The average molecular weight is 311 g/mol. The molecule has 8 heteroatoms. The third-order valence-corrected chi connectivity index (χ3v) is 4.02. The molecule has 1 aromatic rings. The van der Waals surface area contributed by atoms with Gasteiger partial charge in [0, 0.05) is 10.9 Å². The number of nitrogens with two attached hydrogens (primary N) is 1. The van der Waals surface area contributed by atoms with E-state index in [2.05, 4.69) is 5.32 Å². The number of rotatable bonds is 7. The van der Waals surface area contributed by atoms with E-state index in [9.17, 15) is 14.4 Å². The van der Waals surface area contributed by atoms with E-state index >= 15 is 0 Å². The van der Waals surface area contributed by atoms with Crippen molar-refractivity contribution in [1.82, 2.24) is 10.2 Å². The first-order valence-corrected chi connectivity index (χ1v) is 7.46. The van der Waals surface area contributed by atoms with Crippen LogP contribution in [0.1, 0.15) is 24.1 Å². The fraction of sp³-hybridized carbons (Fsp3) is 0.462. The highest BCUT2D eigenvalue weighted by atomic mass is 32.1. The molecule has 3 amide bonds. The van der Waals surface area contributed by atoms with E-state index < -0.39 is 30.4 Å². The number of carbonyl (C=O) groups excluding carboxylic acids is 2. The maximum absolute atomic E-state index is 12.3. The Balaban J connectivity index is 2.00. The molecular weight excluding hydrogens is 294 g/mol. The molecule has 1 fully saturated rings. The van der Waals surface area contributed by atoms with Crippen molar-refractivity contribution in [2.24, 2.45) is 5.73 Å². The van der Waals surface area contributed by atoms with Gasteiger partial charge in [0.1, 0.15) is 6.04 Å². The lowest BCUT2D eigenvalue weighted by Gasteiger charge is -2.24. The van der Waals surface area contributed by atoms with Crippen molar-refractivity contribution in [3.8, 4) is 0 Å². The van der Waals surface area contributed by atoms with E-state index in [0.717, 1.165) is 17.7 Å². The number of carboxylic acid groups (broad SMARTS) is 1. The van der Waals surface area contributed by atoms with Gasteiger partial charge in [-0.3, -0.25) is 4.79 Å². The van der Waals surface area contributed by atoms with Crippen LogP contribution in [0.15, 0.2) is 17.5 Å². The van der Waals surface area contributed by atoms with E-state index in [1.807, 2.05) is 17.5 Å². The number of hydrogen-bond donors (Lipinski definition) is 3. The van der Waals surface area contributed by atoms with E-state index in [-0.39, 0.29) is 6.04 Å². The second-order valence-corrected chi connectivity index (χ2v) is 5.98. The molecule has 0 aromatic carbocycles. The highest BCUT2D eigenvalue weighted by Crippen LogP contribution is 2.29. The van der Waals surface area contributed by atoms with Gasteiger partial charge < -0.3 is 21.1 Å². The number of nitrogens with one attached hydrogen (secondary N) is 1. The largest absolute Gasteiger partial charge is 0.480 e. The van der Waals surface area contributed by atoms with Crippen LogP contribution in [0, 0.1) is 0 Å². The summed E-state index contributed by atoms with van der Waals surface area (Å²) in [6.07, 6.45) is 1.40. The SMILES string of the molecule is NC(=O)C[C@@H](NC(=O)N(Cc1cccs1)C1CC1)C(=O)O. The van der Waals surface area contributed by atoms with E-state index in [0.29, 0.717) is 6.54 Å². The van der Waals surface area contributed by atoms with E-state index in [1.165, 1.54) is 11.3 Å². The summed E-state index contributed by atoms with van der Waals surface area (Å²) in [5, 5.41) is 13.3. The van der Waals surface area contributed by atoms with Gasteiger partial charge >= 0.3 is 12.0 Å². The molecule has 0 bridgehead atoms. The lowest BCUT2D eigenvalue weighted by atomic mass is 10.2. The molecule has 114 valence electrons. The summed E-state index contributed by atoms with van der Waals surface area (Å²) in [4.78, 5) is 36.8. The number of thiophene rings is 1. The van der Waals surface area contributed by atoms with Crippen LogP contribution >= 0.6 is 11.3 Å². The number of aliphatic carboxylic acids is 1. The number of primary amides is 1. The highest BCUT2D eigenvalue weighted by Gasteiger charge is 2.34. The van der Waals surface area contributed by atoms with Gasteiger partial charge in [-0.05, 0) is 24.3 Å². The summed E-state index contributed by atoms with van der Waals surface area (Å²) >= 11 is 1.54. The van der Waals surface area contributed by atoms with Crippen LogP contribution in [0.4, 0.5) is 4.79 Å². The predicted molar refractivity (Wildman–Crippen MR) is 76.7 cm³/mol. The van der Waals surface area contributed by atoms with Crippen molar-refractivity contribution in [1.29, 1.82) is 0 Å². The second-order valence-electron chi connectivity index (χ2n) is 4.95. The molecule has 1 heterocycles. The summed E-state index contributed by atoms with van der Waals surface area (Å²) in [5.74, 6) is -2.03. The van der Waals surface area contributed by atoms with Crippen molar-refractivity contribution in [3.05, 3.63) is 22.4 Å². The minimum atomic E-state index is -1.29. The standard InChI is InChI=1S/C13H17N3O4S/c14-11(17)6-10(12(18)19)15-13(20)16(8-3-4-8)7-9-2-1-5-21-9/h1-2,5,8,10H,3-4,6-7H2,(H2,14,17)(H,15,20)(H,18,19)/t10-/m1/s1. The minimum Gasteiger partial charge on any atom is -0.480 e. The second kappa shape index (κ2) is 6.57. The van der Waals surface area contributed by atoms with Crippen LogP contribution in [-0.2, 0) is 16.1 Å². The lowest BCUT2D eigenvalue weighted by Crippen LogP contribution is -2.49. The van der Waals surface area contributed by atoms with Gasteiger partial charge in [-0.25, -0.2) is 9.59 Å². The highest BCUT2D eigenvalue weighted by molar-refractivity contribution is 7.09. The molecule has 1 aliphatic carbocycles. The van der Waals surface area contributed by atoms with Gasteiger partial charge in [0.15, 0.2) is 0 Å².